The Morgan fingerprint density at radius 2 is 2.40 bits per heavy atom. The summed E-state index contributed by atoms with van der Waals surface area (Å²) in [5.41, 5.74) is 1.42. The number of aryl methyl sites for hydroxylation is 1. The van der Waals surface area contributed by atoms with Crippen LogP contribution in [0, 0.1) is 5.92 Å². The molecule has 2 rings (SSSR count). The van der Waals surface area contributed by atoms with Crippen molar-refractivity contribution < 1.29 is 14.6 Å². The number of carbonyl (C=O) groups excluding carboxylic acids is 1. The number of likely N-dealkylation sites (tertiary alicyclic amines) is 1. The van der Waals surface area contributed by atoms with Gasteiger partial charge in [-0.25, -0.2) is 4.79 Å². The zero-order chi connectivity index (χ0) is 14.5. The van der Waals surface area contributed by atoms with Crippen LogP contribution in [0.3, 0.4) is 0 Å². The lowest BCUT2D eigenvalue weighted by Crippen LogP contribution is -2.37. The molecule has 6 nitrogen and oxygen atoms in total. The first kappa shape index (κ1) is 15.0. The molecule has 0 saturated carbocycles. The highest BCUT2D eigenvalue weighted by atomic mass is 16.5. The topological polar surface area (TPSA) is 67.6 Å². The van der Waals surface area contributed by atoms with E-state index in [9.17, 15) is 9.90 Å². The predicted molar refractivity (Wildman–Crippen MR) is 74.3 cm³/mol. The number of ether oxygens (including phenoxy) is 1. The summed E-state index contributed by atoms with van der Waals surface area (Å²) < 4.78 is 6.79. The Morgan fingerprint density at radius 3 is 3.10 bits per heavy atom. The van der Waals surface area contributed by atoms with E-state index >= 15 is 0 Å². The number of hydrogen-bond acceptors (Lipinski definition) is 5. The third-order valence-electron chi connectivity index (χ3n) is 3.79. The summed E-state index contributed by atoms with van der Waals surface area (Å²) in [6.07, 6.45) is 3.72. The molecule has 0 aliphatic carbocycles. The molecule has 6 heteroatoms. The lowest BCUT2D eigenvalue weighted by atomic mass is 9.99. The molecule has 20 heavy (non-hydrogen) atoms. The largest absolute Gasteiger partial charge is 0.462 e. The van der Waals surface area contributed by atoms with Crippen LogP contribution in [0.1, 0.15) is 35.8 Å². The third-order valence-corrected chi connectivity index (χ3v) is 3.79. The molecule has 0 spiro atoms. The van der Waals surface area contributed by atoms with Gasteiger partial charge >= 0.3 is 5.97 Å². The van der Waals surface area contributed by atoms with Crippen LogP contribution in [0.5, 0.6) is 0 Å². The lowest BCUT2D eigenvalue weighted by molar-refractivity contribution is 0.0521. The molecule has 1 atom stereocenters. The van der Waals surface area contributed by atoms with Gasteiger partial charge in [0.25, 0.3) is 0 Å². The van der Waals surface area contributed by atoms with Gasteiger partial charge in [0.1, 0.15) is 5.56 Å². The predicted octanol–water partition coefficient (Wildman–Crippen LogP) is 0.801. The van der Waals surface area contributed by atoms with Crippen LogP contribution >= 0.6 is 0 Å². The average molecular weight is 281 g/mol. The zero-order valence-corrected chi connectivity index (χ0v) is 12.2. The highest BCUT2D eigenvalue weighted by Gasteiger charge is 2.23. The summed E-state index contributed by atoms with van der Waals surface area (Å²) in [5, 5.41) is 13.4. The Labute approximate surface area is 119 Å². The Hall–Kier alpha value is -1.40. The number of aliphatic hydroxyl groups is 1. The van der Waals surface area contributed by atoms with Crippen molar-refractivity contribution in [2.24, 2.45) is 13.0 Å². The van der Waals surface area contributed by atoms with E-state index in [0.717, 1.165) is 31.6 Å². The molecular weight excluding hydrogens is 258 g/mol. The van der Waals surface area contributed by atoms with Gasteiger partial charge in [-0.3, -0.25) is 9.58 Å². The van der Waals surface area contributed by atoms with Crippen molar-refractivity contribution in [3.05, 3.63) is 17.5 Å². The number of esters is 1. The van der Waals surface area contributed by atoms with Crippen LogP contribution in [-0.2, 0) is 18.3 Å². The minimum atomic E-state index is -0.314. The summed E-state index contributed by atoms with van der Waals surface area (Å²) in [4.78, 5) is 14.2. The Morgan fingerprint density at radius 1 is 1.60 bits per heavy atom. The fraction of sp³-hybridized carbons (Fsp3) is 0.714. The van der Waals surface area contributed by atoms with E-state index in [1.54, 1.807) is 17.8 Å². The van der Waals surface area contributed by atoms with Gasteiger partial charge < -0.3 is 9.84 Å². The quantitative estimate of drug-likeness (QED) is 0.809. The standard InChI is InChI=1S/C14H23N3O3/c1-3-20-14(19)12-7-15-16(2)13(12)9-17-6-4-5-11(8-17)10-18/h7,11,18H,3-6,8-10H2,1-2H3. The summed E-state index contributed by atoms with van der Waals surface area (Å²) in [7, 11) is 1.84. The second kappa shape index (κ2) is 6.85. The van der Waals surface area contributed by atoms with Gasteiger partial charge in [-0.05, 0) is 32.2 Å². The number of aliphatic hydroxyl groups excluding tert-OH is 1. The number of rotatable bonds is 5. The average Bonchev–Trinajstić information content (AvgIpc) is 2.81. The molecule has 112 valence electrons. The minimum Gasteiger partial charge on any atom is -0.462 e. The van der Waals surface area contributed by atoms with E-state index in [0.29, 0.717) is 24.6 Å². The summed E-state index contributed by atoms with van der Waals surface area (Å²) in [6, 6.07) is 0. The first-order valence-corrected chi connectivity index (χ1v) is 7.16. The highest BCUT2D eigenvalue weighted by Crippen LogP contribution is 2.19. The summed E-state index contributed by atoms with van der Waals surface area (Å²) in [6.45, 7) is 4.91. The molecule has 1 fully saturated rings. The zero-order valence-electron chi connectivity index (χ0n) is 12.2. The molecule has 1 unspecified atom stereocenters. The van der Waals surface area contributed by atoms with Gasteiger partial charge in [0, 0.05) is 26.7 Å². The third kappa shape index (κ3) is 3.37. The molecule has 1 aromatic rings. The number of nitrogens with zero attached hydrogens (tertiary/aromatic N) is 3. The molecule has 1 aliphatic heterocycles. The monoisotopic (exact) mass is 281 g/mol. The lowest BCUT2D eigenvalue weighted by Gasteiger charge is -2.31. The van der Waals surface area contributed by atoms with E-state index in [1.165, 1.54) is 0 Å². The fourth-order valence-electron chi connectivity index (χ4n) is 2.69. The van der Waals surface area contributed by atoms with Gasteiger partial charge in [-0.15, -0.1) is 0 Å². The van der Waals surface area contributed by atoms with E-state index in [1.807, 2.05) is 7.05 Å². The van der Waals surface area contributed by atoms with Crippen molar-refractivity contribution in [1.29, 1.82) is 0 Å². The van der Waals surface area contributed by atoms with Gasteiger partial charge in [-0.1, -0.05) is 0 Å². The van der Waals surface area contributed by atoms with Gasteiger partial charge in [0.15, 0.2) is 0 Å². The van der Waals surface area contributed by atoms with Crippen LogP contribution in [0.2, 0.25) is 0 Å². The number of piperidine rings is 1. The van der Waals surface area contributed by atoms with Crippen LogP contribution in [0.25, 0.3) is 0 Å². The van der Waals surface area contributed by atoms with Crippen molar-refractivity contribution in [3.63, 3.8) is 0 Å². The first-order chi connectivity index (χ1) is 9.65. The molecular formula is C14H23N3O3. The van der Waals surface area contributed by atoms with Crippen molar-refractivity contribution in [1.82, 2.24) is 14.7 Å². The SMILES string of the molecule is CCOC(=O)c1cnn(C)c1CN1CCCC(CO)C1. The van der Waals surface area contributed by atoms with Crippen molar-refractivity contribution >= 4 is 5.97 Å². The normalized spacial score (nSPS) is 20.1. The molecule has 0 amide bonds. The molecule has 2 heterocycles. The Kier molecular flexibility index (Phi) is 5.14. The maximum atomic E-state index is 11.9. The van der Waals surface area contributed by atoms with Crippen molar-refractivity contribution in [3.8, 4) is 0 Å². The van der Waals surface area contributed by atoms with Crippen LogP contribution < -0.4 is 0 Å². The smallest absolute Gasteiger partial charge is 0.341 e. The van der Waals surface area contributed by atoms with Gasteiger partial charge in [0.05, 0.1) is 18.5 Å². The highest BCUT2D eigenvalue weighted by molar-refractivity contribution is 5.90. The van der Waals surface area contributed by atoms with Crippen LogP contribution in [0.15, 0.2) is 6.20 Å². The van der Waals surface area contributed by atoms with Gasteiger partial charge in [0.2, 0.25) is 0 Å². The molecule has 1 saturated heterocycles. The minimum absolute atomic E-state index is 0.229. The number of hydrogen-bond donors (Lipinski definition) is 1. The number of aromatic nitrogens is 2. The molecule has 1 N–H and O–H groups in total. The molecule has 1 aliphatic rings. The van der Waals surface area contributed by atoms with Crippen molar-refractivity contribution in [2.45, 2.75) is 26.3 Å². The van der Waals surface area contributed by atoms with E-state index in [4.69, 9.17) is 4.74 Å². The fourth-order valence-corrected chi connectivity index (χ4v) is 2.69. The molecule has 0 radical (unpaired) electrons. The first-order valence-electron chi connectivity index (χ1n) is 7.16. The van der Waals surface area contributed by atoms with Crippen LogP contribution in [-0.4, -0.2) is 52.1 Å². The maximum absolute atomic E-state index is 11.9. The second-order valence-corrected chi connectivity index (χ2v) is 5.27. The second-order valence-electron chi connectivity index (χ2n) is 5.27. The van der Waals surface area contributed by atoms with Gasteiger partial charge in [-0.2, -0.15) is 5.10 Å². The molecule has 0 bridgehead atoms. The van der Waals surface area contributed by atoms with E-state index < -0.39 is 0 Å². The molecule has 0 aromatic carbocycles. The number of carbonyl (C=O) groups is 1. The summed E-state index contributed by atoms with van der Waals surface area (Å²) >= 11 is 0. The maximum Gasteiger partial charge on any atom is 0.341 e. The van der Waals surface area contributed by atoms with Crippen LogP contribution in [0.4, 0.5) is 0 Å². The molecule has 1 aromatic heterocycles. The van der Waals surface area contributed by atoms with Crippen molar-refractivity contribution in [2.75, 3.05) is 26.3 Å². The van der Waals surface area contributed by atoms with E-state index in [2.05, 4.69) is 10.00 Å². The summed E-state index contributed by atoms with van der Waals surface area (Å²) in [5.74, 6) is 0.0225. The Bertz CT molecular complexity index is 459. The Balaban J connectivity index is 2.08. The van der Waals surface area contributed by atoms with E-state index in [-0.39, 0.29) is 12.6 Å².